The first-order valence-electron chi connectivity index (χ1n) is 21.2. The Morgan fingerprint density at radius 3 is 1.50 bits per heavy atom. The van der Waals surface area contributed by atoms with Crippen molar-refractivity contribution in [3.05, 3.63) is 58.7 Å². The lowest BCUT2D eigenvalue weighted by molar-refractivity contribution is -0.141. The van der Waals surface area contributed by atoms with E-state index in [0.29, 0.717) is 67.3 Å². The number of carboxylic acid groups (broad SMARTS) is 6. The summed E-state index contributed by atoms with van der Waals surface area (Å²) >= 11 is 0. The first-order chi connectivity index (χ1) is 31.2. The minimum atomic E-state index is -1.52. The van der Waals surface area contributed by atoms with Gasteiger partial charge in [0.05, 0.1) is 19.5 Å². The Morgan fingerprint density at radius 2 is 1.00 bits per heavy atom. The number of benzene rings is 2. The van der Waals surface area contributed by atoms with Crippen molar-refractivity contribution in [2.75, 3.05) is 39.3 Å². The molecule has 0 radical (unpaired) electrons. The van der Waals surface area contributed by atoms with E-state index in [4.69, 9.17) is 15.3 Å². The normalized spacial score (nSPS) is 11.9. The third-order valence-corrected chi connectivity index (χ3v) is 10.0. The number of phenols is 2. The molecule has 2 rings (SSSR count). The molecule has 2 aromatic rings. The minimum absolute atomic E-state index is 0.00800. The number of hydrogen-bond donors (Lipinski definition) is 12. The SMILES string of the molecule is O=C(O)CC[C@H](NC(=O)N[C@@H](CCCCNC(=O)CCCCCNC(=O)CCc1ccc(O)c(CN(CCN(CC(=O)O)Cc2cc(CC(=O)O)ccc2O)CC(=O)O)c1)C(=O)O)C(=O)O. The topological polar surface area (TPSA) is 370 Å². The number of phenolic OH excluding ortho intramolecular Hbond substituents is 2. The molecule has 12 N–H and O–H groups in total. The van der Waals surface area contributed by atoms with Gasteiger partial charge >= 0.3 is 41.8 Å². The summed E-state index contributed by atoms with van der Waals surface area (Å²) in [5.74, 6) is -8.21. The Labute approximate surface area is 379 Å². The Balaban J connectivity index is 1.74. The van der Waals surface area contributed by atoms with Crippen LogP contribution in [0.4, 0.5) is 4.79 Å². The van der Waals surface area contributed by atoms with Gasteiger partial charge in [-0.2, -0.15) is 0 Å². The second-order valence-corrected chi connectivity index (χ2v) is 15.5. The highest BCUT2D eigenvalue weighted by atomic mass is 16.4. The fourth-order valence-electron chi connectivity index (χ4n) is 6.64. The maximum Gasteiger partial charge on any atom is 0.326 e. The van der Waals surface area contributed by atoms with Crippen LogP contribution < -0.4 is 21.3 Å². The Hall–Kier alpha value is -7.01. The summed E-state index contributed by atoms with van der Waals surface area (Å²) < 4.78 is 0. The number of aliphatic carboxylic acids is 6. The number of carboxylic acids is 6. The fraction of sp³-hybridized carbons (Fsp3) is 0.512. The van der Waals surface area contributed by atoms with Gasteiger partial charge in [0.1, 0.15) is 23.6 Å². The van der Waals surface area contributed by atoms with Gasteiger partial charge in [-0.1, -0.05) is 30.7 Å². The van der Waals surface area contributed by atoms with Crippen molar-refractivity contribution in [2.24, 2.45) is 0 Å². The van der Waals surface area contributed by atoms with Crippen LogP contribution >= 0.6 is 0 Å². The molecule has 23 nitrogen and oxygen atoms in total. The lowest BCUT2D eigenvalue weighted by Crippen LogP contribution is -2.51. The van der Waals surface area contributed by atoms with E-state index < -0.39 is 73.4 Å². The second-order valence-electron chi connectivity index (χ2n) is 15.5. The molecule has 2 atom stereocenters. The zero-order valence-corrected chi connectivity index (χ0v) is 36.4. The largest absolute Gasteiger partial charge is 0.508 e. The molecule has 4 amide bonds. The van der Waals surface area contributed by atoms with Gasteiger partial charge in [-0.05, 0) is 68.2 Å². The molecule has 0 heterocycles. The molecule has 0 aliphatic carbocycles. The lowest BCUT2D eigenvalue weighted by Gasteiger charge is -2.26. The molecule has 2 aromatic carbocycles. The van der Waals surface area contributed by atoms with Gasteiger partial charge in [0, 0.05) is 69.7 Å². The average molecular weight is 933 g/mol. The molecule has 23 heteroatoms. The summed E-state index contributed by atoms with van der Waals surface area (Å²) in [6.45, 7) is -0.279. The molecule has 0 aliphatic rings. The summed E-state index contributed by atoms with van der Waals surface area (Å²) in [7, 11) is 0. The number of aryl methyl sites for hydroxylation is 1. The van der Waals surface area contributed by atoms with Crippen molar-refractivity contribution in [3.8, 4) is 11.5 Å². The highest BCUT2D eigenvalue weighted by Gasteiger charge is 2.25. The monoisotopic (exact) mass is 932 g/mol. The van der Waals surface area contributed by atoms with Gasteiger partial charge < -0.3 is 62.1 Å². The maximum atomic E-state index is 12.6. The molecule has 0 saturated carbocycles. The summed E-state index contributed by atoms with van der Waals surface area (Å²) in [5.41, 5.74) is 1.79. The van der Waals surface area contributed by atoms with Gasteiger partial charge in [-0.3, -0.25) is 38.6 Å². The van der Waals surface area contributed by atoms with Crippen LogP contribution in [-0.4, -0.2) is 156 Å². The predicted molar refractivity (Wildman–Crippen MR) is 231 cm³/mol. The summed E-state index contributed by atoms with van der Waals surface area (Å²) in [5, 5.41) is 86.3. The van der Waals surface area contributed by atoms with E-state index in [0.717, 1.165) is 0 Å². The minimum Gasteiger partial charge on any atom is -0.508 e. The van der Waals surface area contributed by atoms with Crippen LogP contribution in [0.5, 0.6) is 11.5 Å². The van der Waals surface area contributed by atoms with Crippen molar-refractivity contribution in [2.45, 2.75) is 102 Å². The molecule has 0 spiro atoms. The zero-order valence-electron chi connectivity index (χ0n) is 36.4. The number of rotatable bonds is 34. The molecule has 66 heavy (non-hydrogen) atoms. The highest BCUT2D eigenvalue weighted by Crippen LogP contribution is 2.23. The van der Waals surface area contributed by atoms with Crippen molar-refractivity contribution in [1.82, 2.24) is 31.1 Å². The summed E-state index contributed by atoms with van der Waals surface area (Å²) in [6, 6.07) is 5.04. The molecule has 0 unspecified atom stereocenters. The molecule has 0 saturated heterocycles. The Kier molecular flexibility index (Phi) is 24.6. The van der Waals surface area contributed by atoms with Crippen LogP contribution in [0.1, 0.15) is 86.5 Å². The highest BCUT2D eigenvalue weighted by molar-refractivity contribution is 5.86. The van der Waals surface area contributed by atoms with E-state index in [1.807, 2.05) is 0 Å². The second kappa shape index (κ2) is 29.4. The fourth-order valence-corrected chi connectivity index (χ4v) is 6.64. The first-order valence-corrected chi connectivity index (χ1v) is 21.2. The number of urea groups is 1. The molecule has 0 bridgehead atoms. The summed E-state index contributed by atoms with van der Waals surface area (Å²) in [6.07, 6.45) is 1.94. The van der Waals surface area contributed by atoms with E-state index in [1.54, 1.807) is 12.1 Å². The van der Waals surface area contributed by atoms with Crippen molar-refractivity contribution >= 4 is 53.7 Å². The van der Waals surface area contributed by atoms with Gasteiger partial charge in [0.25, 0.3) is 0 Å². The van der Waals surface area contributed by atoms with Gasteiger partial charge in [0.15, 0.2) is 0 Å². The van der Waals surface area contributed by atoms with Crippen LogP contribution in [0.15, 0.2) is 36.4 Å². The number of amides is 4. The van der Waals surface area contributed by atoms with Crippen LogP contribution in [-0.2, 0) is 64.3 Å². The zero-order chi connectivity index (χ0) is 49.2. The number of carbonyl (C=O) groups is 9. The van der Waals surface area contributed by atoms with E-state index in [9.17, 15) is 68.7 Å². The van der Waals surface area contributed by atoms with Gasteiger partial charge in [-0.15, -0.1) is 0 Å². The number of nitrogens with one attached hydrogen (secondary N) is 4. The molecular formula is C43H60N6O17. The van der Waals surface area contributed by atoms with Crippen molar-refractivity contribution < 1.29 is 84.0 Å². The van der Waals surface area contributed by atoms with Crippen molar-refractivity contribution in [3.63, 3.8) is 0 Å². The third-order valence-electron chi connectivity index (χ3n) is 10.0. The number of hydrogen-bond acceptors (Lipinski definition) is 13. The van der Waals surface area contributed by atoms with Gasteiger partial charge in [0.2, 0.25) is 11.8 Å². The van der Waals surface area contributed by atoms with E-state index in [1.165, 1.54) is 34.1 Å². The smallest absolute Gasteiger partial charge is 0.326 e. The number of nitrogens with zero attached hydrogens (tertiary/aromatic N) is 2. The molecule has 364 valence electrons. The average Bonchev–Trinajstić information content (AvgIpc) is 3.22. The van der Waals surface area contributed by atoms with E-state index in [2.05, 4.69) is 21.3 Å². The predicted octanol–water partition coefficient (Wildman–Crippen LogP) is 1.16. The third kappa shape index (κ3) is 23.6. The number of aromatic hydroxyl groups is 2. The quantitative estimate of drug-likeness (QED) is 0.0438. The maximum absolute atomic E-state index is 12.6. The standard InChI is InChI=1S/C43H60N6O17/c50-33-12-8-27(20-29(33)23-48(25-39(58)59)18-19-49(26-40(60)61)24-30-21-28(22-38(56)57)9-13-34(30)51)10-14-36(53)45-16-4-1-2-7-35(52)44-17-5-3-6-31(41(62)63)46-43(66)47-32(42(64)65)11-15-37(54)55/h8-9,12-13,20-21,31-32,50-51H,1-7,10-11,14-19,22-26H2,(H,44,52)(H,45,53)(H,54,55)(H,56,57)(H,58,59)(H,60,61)(H,62,63)(H,64,65)(H2,46,47,66)/t31-,32-/m0/s1. The number of unbranched alkanes of at least 4 members (excludes halogenated alkanes) is 3. The van der Waals surface area contributed by atoms with Gasteiger partial charge in [-0.25, -0.2) is 14.4 Å². The van der Waals surface area contributed by atoms with Crippen LogP contribution in [0.3, 0.4) is 0 Å². The van der Waals surface area contributed by atoms with E-state index in [-0.39, 0.29) is 88.1 Å². The molecule has 0 aromatic heterocycles. The number of carbonyl (C=O) groups excluding carboxylic acids is 3. The van der Waals surface area contributed by atoms with Crippen LogP contribution in [0.25, 0.3) is 0 Å². The molecule has 0 aliphatic heterocycles. The van der Waals surface area contributed by atoms with E-state index >= 15 is 0 Å². The molecular weight excluding hydrogens is 872 g/mol. The van der Waals surface area contributed by atoms with Crippen molar-refractivity contribution in [1.29, 1.82) is 0 Å². The van der Waals surface area contributed by atoms with Crippen LogP contribution in [0.2, 0.25) is 0 Å². The molecule has 0 fully saturated rings. The Bertz CT molecular complexity index is 2000. The van der Waals surface area contributed by atoms with Crippen LogP contribution in [0, 0.1) is 0 Å². The summed E-state index contributed by atoms with van der Waals surface area (Å²) in [4.78, 5) is 108. The lowest BCUT2D eigenvalue weighted by atomic mass is 10.0. The Morgan fingerprint density at radius 1 is 0.515 bits per heavy atom. The first kappa shape index (κ1) is 55.1.